The van der Waals surface area contributed by atoms with Crippen molar-refractivity contribution in [3.63, 3.8) is 0 Å². The maximum Gasteiger partial charge on any atom is 0.278 e. The fraction of sp³-hybridized carbons (Fsp3) is 0.158. The van der Waals surface area contributed by atoms with Gasteiger partial charge in [-0.05, 0) is 38.5 Å². The van der Waals surface area contributed by atoms with Crippen LogP contribution in [0.15, 0.2) is 53.3 Å². The van der Waals surface area contributed by atoms with Gasteiger partial charge >= 0.3 is 0 Å². The Labute approximate surface area is 135 Å². The van der Waals surface area contributed by atoms with Gasteiger partial charge in [-0.3, -0.25) is 4.79 Å². The Kier molecular flexibility index (Phi) is 3.98. The van der Waals surface area contributed by atoms with Crippen LogP contribution in [0.5, 0.6) is 0 Å². The van der Waals surface area contributed by atoms with E-state index in [0.29, 0.717) is 5.76 Å². The number of rotatable bonds is 3. The van der Waals surface area contributed by atoms with E-state index in [4.69, 9.17) is 4.42 Å². The van der Waals surface area contributed by atoms with E-state index in [2.05, 4.69) is 10.3 Å². The molecule has 2 aromatic carbocycles. The van der Waals surface area contributed by atoms with Crippen LogP contribution < -0.4 is 5.32 Å². The lowest BCUT2D eigenvalue weighted by molar-refractivity contribution is 0.102. The molecule has 4 nitrogen and oxygen atoms in total. The van der Waals surface area contributed by atoms with Crippen LogP contribution in [0.1, 0.15) is 27.2 Å². The first-order chi connectivity index (χ1) is 11.0. The molecule has 0 spiro atoms. The monoisotopic (exact) mass is 306 g/mol. The van der Waals surface area contributed by atoms with Crippen LogP contribution in [-0.4, -0.2) is 10.9 Å². The smallest absolute Gasteiger partial charge is 0.278 e. The van der Waals surface area contributed by atoms with Crippen molar-refractivity contribution >= 4 is 11.6 Å². The molecule has 1 heterocycles. The zero-order valence-electron chi connectivity index (χ0n) is 13.4. The zero-order valence-corrected chi connectivity index (χ0v) is 13.4. The Morgan fingerprint density at radius 3 is 2.57 bits per heavy atom. The van der Waals surface area contributed by atoms with Crippen molar-refractivity contribution in [1.29, 1.82) is 0 Å². The van der Waals surface area contributed by atoms with Crippen LogP contribution in [0, 0.1) is 20.8 Å². The summed E-state index contributed by atoms with van der Waals surface area (Å²) in [5.74, 6) is 0.207. The highest BCUT2D eigenvalue weighted by molar-refractivity contribution is 6.06. The van der Waals surface area contributed by atoms with Crippen LogP contribution in [0.25, 0.3) is 11.3 Å². The molecule has 0 unspecified atom stereocenters. The van der Waals surface area contributed by atoms with Gasteiger partial charge in [-0.15, -0.1) is 0 Å². The molecule has 3 rings (SSSR count). The van der Waals surface area contributed by atoms with Crippen LogP contribution in [-0.2, 0) is 0 Å². The van der Waals surface area contributed by atoms with Crippen molar-refractivity contribution in [2.24, 2.45) is 0 Å². The lowest BCUT2D eigenvalue weighted by Gasteiger charge is -2.08. The number of nitrogens with one attached hydrogen (secondary N) is 1. The third-order valence-corrected chi connectivity index (χ3v) is 3.69. The molecule has 1 N–H and O–H groups in total. The molecule has 3 aromatic rings. The van der Waals surface area contributed by atoms with E-state index < -0.39 is 0 Å². The third kappa shape index (κ3) is 3.16. The summed E-state index contributed by atoms with van der Waals surface area (Å²) in [7, 11) is 0. The Morgan fingerprint density at radius 2 is 1.83 bits per heavy atom. The molecule has 0 atom stereocenters. The molecular weight excluding hydrogens is 288 g/mol. The molecule has 0 bridgehead atoms. The minimum absolute atomic E-state index is 0.276. The number of carbonyl (C=O) groups is 1. The molecule has 23 heavy (non-hydrogen) atoms. The summed E-state index contributed by atoms with van der Waals surface area (Å²) in [5, 5.41) is 2.90. The number of benzene rings is 2. The van der Waals surface area contributed by atoms with E-state index in [9.17, 15) is 4.79 Å². The summed E-state index contributed by atoms with van der Waals surface area (Å²) in [4.78, 5) is 16.6. The van der Waals surface area contributed by atoms with Gasteiger partial charge in [-0.1, -0.05) is 41.5 Å². The van der Waals surface area contributed by atoms with Crippen LogP contribution in [0.4, 0.5) is 5.69 Å². The van der Waals surface area contributed by atoms with Crippen LogP contribution in [0.3, 0.4) is 0 Å². The second-order valence-corrected chi connectivity index (χ2v) is 5.67. The van der Waals surface area contributed by atoms with Gasteiger partial charge < -0.3 is 9.73 Å². The van der Waals surface area contributed by atoms with E-state index >= 15 is 0 Å². The first kappa shape index (κ1) is 15.0. The molecule has 116 valence electrons. The zero-order chi connectivity index (χ0) is 16.4. The summed E-state index contributed by atoms with van der Waals surface area (Å²) in [6.45, 7) is 5.98. The minimum atomic E-state index is -0.276. The average molecular weight is 306 g/mol. The van der Waals surface area contributed by atoms with Gasteiger partial charge in [0, 0.05) is 11.3 Å². The van der Waals surface area contributed by atoms with E-state index in [1.165, 1.54) is 6.39 Å². The lowest BCUT2D eigenvalue weighted by atomic mass is 10.1. The van der Waals surface area contributed by atoms with E-state index in [-0.39, 0.29) is 11.6 Å². The quantitative estimate of drug-likeness (QED) is 0.774. The first-order valence-corrected chi connectivity index (χ1v) is 7.44. The highest BCUT2D eigenvalue weighted by Gasteiger charge is 2.19. The average Bonchev–Trinajstić information content (AvgIpc) is 2.99. The third-order valence-electron chi connectivity index (χ3n) is 3.69. The Bertz CT molecular complexity index is 865. The number of hydrogen-bond donors (Lipinski definition) is 1. The molecule has 0 aliphatic carbocycles. The molecule has 0 radical (unpaired) electrons. The number of aryl methyl sites for hydroxylation is 3. The summed E-state index contributed by atoms with van der Waals surface area (Å²) in [5.41, 5.74) is 5.17. The number of amides is 1. The van der Waals surface area contributed by atoms with Crippen molar-refractivity contribution in [3.05, 3.63) is 71.2 Å². The number of carbonyl (C=O) groups excluding carboxylic acids is 1. The van der Waals surface area contributed by atoms with Gasteiger partial charge in [0.25, 0.3) is 5.91 Å². The maximum atomic E-state index is 12.6. The molecule has 0 aliphatic heterocycles. The number of anilines is 1. The van der Waals surface area contributed by atoms with E-state index in [0.717, 1.165) is 27.9 Å². The van der Waals surface area contributed by atoms with Crippen molar-refractivity contribution in [3.8, 4) is 11.3 Å². The van der Waals surface area contributed by atoms with Crippen molar-refractivity contribution in [2.75, 3.05) is 5.32 Å². The van der Waals surface area contributed by atoms with Gasteiger partial charge in [-0.2, -0.15) is 0 Å². The molecule has 0 saturated carbocycles. The van der Waals surface area contributed by atoms with E-state index in [1.54, 1.807) is 0 Å². The van der Waals surface area contributed by atoms with Gasteiger partial charge in [0.1, 0.15) is 0 Å². The number of hydrogen-bond acceptors (Lipinski definition) is 3. The summed E-state index contributed by atoms with van der Waals surface area (Å²) in [6, 6.07) is 13.7. The standard InChI is InChI=1S/C19H18N2O2/c1-12-5-4-6-15(10-12)18-17(20-11-23-18)19(22)21-16-8-7-13(2)9-14(16)3/h4-11H,1-3H3,(H,21,22). The normalized spacial score (nSPS) is 10.6. The SMILES string of the molecule is Cc1cccc(-c2ocnc2C(=O)Nc2ccc(C)cc2C)c1. The molecule has 1 amide bonds. The predicted molar refractivity (Wildman–Crippen MR) is 90.5 cm³/mol. The number of aromatic nitrogens is 1. The van der Waals surface area contributed by atoms with Gasteiger partial charge in [0.2, 0.25) is 0 Å². The molecule has 0 aliphatic rings. The topological polar surface area (TPSA) is 55.1 Å². The van der Waals surface area contributed by atoms with Gasteiger partial charge in [-0.25, -0.2) is 4.98 Å². The highest BCUT2D eigenvalue weighted by atomic mass is 16.3. The van der Waals surface area contributed by atoms with E-state index in [1.807, 2.05) is 63.2 Å². The fourth-order valence-electron chi connectivity index (χ4n) is 2.53. The van der Waals surface area contributed by atoms with Crippen molar-refractivity contribution in [1.82, 2.24) is 4.98 Å². The second kappa shape index (κ2) is 6.08. The van der Waals surface area contributed by atoms with Crippen LogP contribution >= 0.6 is 0 Å². The Hall–Kier alpha value is -2.88. The summed E-state index contributed by atoms with van der Waals surface area (Å²) >= 11 is 0. The fourth-order valence-corrected chi connectivity index (χ4v) is 2.53. The highest BCUT2D eigenvalue weighted by Crippen LogP contribution is 2.25. The molecular formula is C19H18N2O2. The largest absolute Gasteiger partial charge is 0.443 e. The van der Waals surface area contributed by atoms with Crippen molar-refractivity contribution < 1.29 is 9.21 Å². The Morgan fingerprint density at radius 1 is 1.04 bits per heavy atom. The minimum Gasteiger partial charge on any atom is -0.443 e. The molecule has 4 heteroatoms. The van der Waals surface area contributed by atoms with Crippen LogP contribution in [0.2, 0.25) is 0 Å². The second-order valence-electron chi connectivity index (χ2n) is 5.67. The molecule has 1 aromatic heterocycles. The number of nitrogens with zero attached hydrogens (tertiary/aromatic N) is 1. The molecule has 0 fully saturated rings. The summed E-state index contributed by atoms with van der Waals surface area (Å²) < 4.78 is 5.44. The maximum absolute atomic E-state index is 12.6. The van der Waals surface area contributed by atoms with Gasteiger partial charge in [0.15, 0.2) is 17.8 Å². The molecule has 0 saturated heterocycles. The van der Waals surface area contributed by atoms with Crippen molar-refractivity contribution in [2.45, 2.75) is 20.8 Å². The number of oxazole rings is 1. The summed E-state index contributed by atoms with van der Waals surface area (Å²) in [6.07, 6.45) is 1.30. The predicted octanol–water partition coefficient (Wildman–Crippen LogP) is 4.52. The first-order valence-electron chi connectivity index (χ1n) is 7.44. The Balaban J connectivity index is 1.91. The van der Waals surface area contributed by atoms with Gasteiger partial charge in [0.05, 0.1) is 0 Å². The lowest BCUT2D eigenvalue weighted by Crippen LogP contribution is -2.14.